The molecule has 0 saturated carbocycles. The molecule has 1 N–H and O–H groups in total. The lowest BCUT2D eigenvalue weighted by molar-refractivity contribution is 0.252. The molecule has 0 aliphatic carbocycles. The Bertz CT molecular complexity index is 504. The quantitative estimate of drug-likeness (QED) is 0.842. The summed E-state index contributed by atoms with van der Waals surface area (Å²) >= 11 is 10.2. The van der Waals surface area contributed by atoms with Crippen molar-refractivity contribution in [1.82, 2.24) is 4.72 Å². The third kappa shape index (κ3) is 3.93. The van der Waals surface area contributed by atoms with Gasteiger partial charge in [0, 0.05) is 6.54 Å². The van der Waals surface area contributed by atoms with E-state index in [-0.39, 0.29) is 9.62 Å². The minimum absolute atomic E-state index is 0.0919. The van der Waals surface area contributed by atoms with Crippen molar-refractivity contribution in [2.24, 2.45) is 11.3 Å². The van der Waals surface area contributed by atoms with Crippen LogP contribution in [0.2, 0.25) is 5.02 Å². The molecule has 104 valence electrons. The first-order valence-electron chi connectivity index (χ1n) is 5.51. The Morgan fingerprint density at radius 3 is 2.44 bits per heavy atom. The molecule has 7 heteroatoms. The minimum atomic E-state index is -3.47. The summed E-state index contributed by atoms with van der Waals surface area (Å²) in [5.41, 5.74) is -0.0919. The van der Waals surface area contributed by atoms with Crippen LogP contribution in [0.3, 0.4) is 0 Å². The van der Waals surface area contributed by atoms with Crippen molar-refractivity contribution in [3.05, 3.63) is 14.9 Å². The number of thiophene rings is 1. The van der Waals surface area contributed by atoms with Gasteiger partial charge in [-0.1, -0.05) is 39.3 Å². The second kappa shape index (κ2) is 5.79. The number of nitrogens with one attached hydrogen (secondary N) is 1. The first-order valence-corrected chi connectivity index (χ1v) is 8.98. The van der Waals surface area contributed by atoms with E-state index in [4.69, 9.17) is 11.6 Å². The molecule has 0 saturated heterocycles. The Labute approximate surface area is 126 Å². The molecule has 0 radical (unpaired) electrons. The van der Waals surface area contributed by atoms with Gasteiger partial charge in [0.15, 0.2) is 0 Å². The summed E-state index contributed by atoms with van der Waals surface area (Å²) in [5, 5.41) is 0.420. The summed E-state index contributed by atoms with van der Waals surface area (Å²) in [4.78, 5) is 0. The standard InChI is InChI=1S/C11H17BrClNO2S2/c1-7(2)11(3,4)6-14-18(15,16)9-5-8(13)10(12)17-9/h5,7,14H,6H2,1-4H3. The van der Waals surface area contributed by atoms with Crippen LogP contribution in [0.15, 0.2) is 14.1 Å². The summed E-state index contributed by atoms with van der Waals surface area (Å²) in [5.74, 6) is 0.388. The van der Waals surface area contributed by atoms with Gasteiger partial charge in [-0.05, 0) is 33.3 Å². The van der Waals surface area contributed by atoms with Gasteiger partial charge < -0.3 is 0 Å². The maximum absolute atomic E-state index is 12.1. The largest absolute Gasteiger partial charge is 0.250 e. The molecule has 1 heterocycles. The smallest absolute Gasteiger partial charge is 0.210 e. The van der Waals surface area contributed by atoms with Crippen LogP contribution in [0.1, 0.15) is 27.7 Å². The maximum atomic E-state index is 12.1. The van der Waals surface area contributed by atoms with Gasteiger partial charge in [-0.2, -0.15) is 0 Å². The Morgan fingerprint density at radius 1 is 1.50 bits per heavy atom. The number of hydrogen-bond acceptors (Lipinski definition) is 3. The van der Waals surface area contributed by atoms with E-state index in [1.165, 1.54) is 6.07 Å². The molecule has 0 atom stereocenters. The SMILES string of the molecule is CC(C)C(C)(C)CNS(=O)(=O)c1cc(Cl)c(Br)s1. The van der Waals surface area contributed by atoms with Gasteiger partial charge in [-0.15, -0.1) is 11.3 Å². The molecule has 0 bridgehead atoms. The number of rotatable bonds is 5. The van der Waals surface area contributed by atoms with E-state index in [9.17, 15) is 8.42 Å². The van der Waals surface area contributed by atoms with Gasteiger partial charge in [0.25, 0.3) is 0 Å². The Balaban J connectivity index is 2.84. The van der Waals surface area contributed by atoms with Gasteiger partial charge >= 0.3 is 0 Å². The van der Waals surface area contributed by atoms with E-state index in [1.807, 2.05) is 13.8 Å². The molecule has 0 fully saturated rings. The molecule has 0 aliphatic heterocycles. The van der Waals surface area contributed by atoms with Crippen LogP contribution < -0.4 is 4.72 Å². The summed E-state index contributed by atoms with van der Waals surface area (Å²) in [6.07, 6.45) is 0. The highest BCUT2D eigenvalue weighted by Gasteiger charge is 2.26. The van der Waals surface area contributed by atoms with Gasteiger partial charge in [-0.25, -0.2) is 13.1 Å². The molecule has 1 aromatic rings. The molecule has 0 spiro atoms. The van der Waals surface area contributed by atoms with Crippen molar-refractivity contribution < 1.29 is 8.42 Å². The van der Waals surface area contributed by atoms with E-state index >= 15 is 0 Å². The zero-order valence-corrected chi connectivity index (χ0v) is 14.7. The first kappa shape index (κ1) is 16.4. The summed E-state index contributed by atoms with van der Waals surface area (Å²) < 4.78 is 27.7. The topological polar surface area (TPSA) is 46.2 Å². The molecular formula is C11H17BrClNO2S2. The van der Waals surface area contributed by atoms with E-state index < -0.39 is 10.0 Å². The highest BCUT2D eigenvalue weighted by molar-refractivity contribution is 9.11. The lowest BCUT2D eigenvalue weighted by Crippen LogP contribution is -2.36. The molecule has 1 rings (SSSR count). The molecule has 0 amide bonds. The second-order valence-corrected chi connectivity index (χ2v) is 9.93. The van der Waals surface area contributed by atoms with Gasteiger partial charge in [0.05, 0.1) is 8.81 Å². The summed E-state index contributed by atoms with van der Waals surface area (Å²) in [6, 6.07) is 1.46. The zero-order valence-electron chi connectivity index (χ0n) is 10.8. The highest BCUT2D eigenvalue weighted by Crippen LogP contribution is 2.35. The molecular weight excluding hydrogens is 358 g/mol. The van der Waals surface area contributed by atoms with Crippen molar-refractivity contribution >= 4 is 48.9 Å². The lowest BCUT2D eigenvalue weighted by atomic mass is 9.81. The number of hydrogen-bond donors (Lipinski definition) is 1. The van der Waals surface area contributed by atoms with Crippen molar-refractivity contribution in [1.29, 1.82) is 0 Å². The molecule has 3 nitrogen and oxygen atoms in total. The van der Waals surface area contributed by atoms with Crippen LogP contribution in [0.25, 0.3) is 0 Å². The van der Waals surface area contributed by atoms with Crippen molar-refractivity contribution in [3.8, 4) is 0 Å². The van der Waals surface area contributed by atoms with Crippen LogP contribution in [0, 0.1) is 11.3 Å². The normalized spacial score (nSPS) is 13.3. The molecule has 0 unspecified atom stereocenters. The Kier molecular flexibility index (Phi) is 5.29. The van der Waals surface area contributed by atoms with Crippen molar-refractivity contribution in [2.75, 3.05) is 6.54 Å². The summed E-state index contributed by atoms with van der Waals surface area (Å²) in [6.45, 7) is 8.63. The van der Waals surface area contributed by atoms with Crippen LogP contribution in [0.5, 0.6) is 0 Å². The summed E-state index contributed by atoms with van der Waals surface area (Å²) in [7, 11) is -3.47. The van der Waals surface area contributed by atoms with E-state index in [0.717, 1.165) is 11.3 Å². The predicted octanol–water partition coefficient (Wildman–Crippen LogP) is 4.12. The zero-order chi connectivity index (χ0) is 14.1. The number of sulfonamides is 1. The van der Waals surface area contributed by atoms with Gasteiger partial charge in [0.2, 0.25) is 10.0 Å². The Morgan fingerprint density at radius 2 is 2.06 bits per heavy atom. The van der Waals surface area contributed by atoms with Crippen LogP contribution in [-0.4, -0.2) is 15.0 Å². The maximum Gasteiger partial charge on any atom is 0.250 e. The van der Waals surface area contributed by atoms with E-state index in [2.05, 4.69) is 34.5 Å². The van der Waals surface area contributed by atoms with Gasteiger partial charge in [0.1, 0.15) is 4.21 Å². The average molecular weight is 375 g/mol. The number of halogens is 2. The van der Waals surface area contributed by atoms with Crippen LogP contribution in [-0.2, 0) is 10.0 Å². The fourth-order valence-electron chi connectivity index (χ4n) is 1.02. The van der Waals surface area contributed by atoms with Crippen LogP contribution in [0.4, 0.5) is 0 Å². The molecule has 0 aliphatic rings. The monoisotopic (exact) mass is 373 g/mol. The second-order valence-electron chi connectivity index (χ2n) is 5.15. The third-order valence-corrected chi connectivity index (χ3v) is 7.52. The van der Waals surface area contributed by atoms with Crippen molar-refractivity contribution in [3.63, 3.8) is 0 Å². The molecule has 18 heavy (non-hydrogen) atoms. The fourth-order valence-corrected chi connectivity index (χ4v) is 4.68. The Hall–Kier alpha value is 0.380. The van der Waals surface area contributed by atoms with E-state index in [0.29, 0.717) is 21.3 Å². The highest BCUT2D eigenvalue weighted by atomic mass is 79.9. The lowest BCUT2D eigenvalue weighted by Gasteiger charge is -2.29. The minimum Gasteiger partial charge on any atom is -0.210 e. The van der Waals surface area contributed by atoms with Gasteiger partial charge in [-0.3, -0.25) is 0 Å². The van der Waals surface area contributed by atoms with Crippen LogP contribution >= 0.6 is 38.9 Å². The van der Waals surface area contributed by atoms with Crippen molar-refractivity contribution in [2.45, 2.75) is 31.9 Å². The third-order valence-electron chi connectivity index (χ3n) is 3.17. The van der Waals surface area contributed by atoms with E-state index in [1.54, 1.807) is 0 Å². The predicted molar refractivity (Wildman–Crippen MR) is 80.8 cm³/mol. The molecule has 1 aromatic heterocycles. The average Bonchev–Trinajstić information content (AvgIpc) is 2.57. The molecule has 0 aromatic carbocycles. The first-order chi connectivity index (χ1) is 8.06. The fraction of sp³-hybridized carbons (Fsp3) is 0.636.